The highest BCUT2D eigenvalue weighted by atomic mass is 16.3. The summed E-state index contributed by atoms with van der Waals surface area (Å²) in [7, 11) is 0. The summed E-state index contributed by atoms with van der Waals surface area (Å²) in [6, 6.07) is 9.83. The molecule has 1 fully saturated rings. The third-order valence-corrected chi connectivity index (χ3v) is 3.58. The molecule has 0 aromatic heterocycles. The van der Waals surface area contributed by atoms with E-state index >= 15 is 0 Å². The topological polar surface area (TPSA) is 49.5 Å². The average molecular weight is 234 g/mol. The fraction of sp³-hybridized carbons (Fsp3) is 0.571. The Morgan fingerprint density at radius 3 is 2.41 bits per heavy atom. The van der Waals surface area contributed by atoms with Crippen LogP contribution >= 0.6 is 0 Å². The molecular weight excluding hydrogens is 212 g/mol. The van der Waals surface area contributed by atoms with E-state index in [1.165, 1.54) is 12.8 Å². The molecule has 2 atom stereocenters. The molecule has 3 heteroatoms. The zero-order valence-corrected chi connectivity index (χ0v) is 10.3. The number of nitrogens with zero attached hydrogens (tertiary/aromatic N) is 1. The monoisotopic (exact) mass is 234 g/mol. The minimum Gasteiger partial charge on any atom is -0.388 e. The van der Waals surface area contributed by atoms with Crippen molar-refractivity contribution < 1.29 is 5.11 Å². The van der Waals surface area contributed by atoms with Gasteiger partial charge in [0.05, 0.1) is 6.10 Å². The molecule has 1 saturated heterocycles. The number of rotatable bonds is 5. The molecule has 2 unspecified atom stereocenters. The molecule has 1 aliphatic rings. The Bertz CT molecular complexity index is 322. The highest BCUT2D eigenvalue weighted by molar-refractivity contribution is 5.18. The number of aliphatic hydroxyl groups excluding tert-OH is 1. The first-order valence-electron chi connectivity index (χ1n) is 6.46. The van der Waals surface area contributed by atoms with E-state index < -0.39 is 6.10 Å². The maximum absolute atomic E-state index is 10.3. The smallest absolute Gasteiger partial charge is 0.0842 e. The Hall–Kier alpha value is -0.900. The number of hydrogen-bond acceptors (Lipinski definition) is 3. The molecule has 1 aromatic rings. The summed E-state index contributed by atoms with van der Waals surface area (Å²) in [6.07, 6.45) is 2.11. The van der Waals surface area contributed by atoms with Crippen LogP contribution in [0.2, 0.25) is 0 Å². The Balaban J connectivity index is 1.97. The number of aliphatic hydroxyl groups is 1. The van der Waals surface area contributed by atoms with Crippen LogP contribution in [0.25, 0.3) is 0 Å². The van der Waals surface area contributed by atoms with Gasteiger partial charge in [-0.05, 0) is 38.0 Å². The summed E-state index contributed by atoms with van der Waals surface area (Å²) in [5.41, 5.74) is 6.78. The third-order valence-electron chi connectivity index (χ3n) is 3.58. The van der Waals surface area contributed by atoms with E-state index in [0.717, 1.165) is 25.2 Å². The van der Waals surface area contributed by atoms with Gasteiger partial charge in [-0.2, -0.15) is 0 Å². The number of benzene rings is 1. The molecule has 2 rings (SSSR count). The Kier molecular flexibility index (Phi) is 4.54. The highest BCUT2D eigenvalue weighted by Crippen LogP contribution is 2.23. The van der Waals surface area contributed by atoms with Crippen LogP contribution in [0.15, 0.2) is 30.3 Å². The predicted octanol–water partition coefficient (Wildman–Crippen LogP) is 1.39. The molecule has 17 heavy (non-hydrogen) atoms. The average Bonchev–Trinajstić information content (AvgIpc) is 2.89. The summed E-state index contributed by atoms with van der Waals surface area (Å²) in [5, 5.41) is 10.3. The van der Waals surface area contributed by atoms with Crippen molar-refractivity contribution in [2.45, 2.75) is 18.9 Å². The normalized spacial score (nSPS) is 20.4. The van der Waals surface area contributed by atoms with Crippen molar-refractivity contribution in [1.29, 1.82) is 0 Å². The first-order valence-corrected chi connectivity index (χ1v) is 6.46. The van der Waals surface area contributed by atoms with Gasteiger partial charge in [-0.25, -0.2) is 0 Å². The van der Waals surface area contributed by atoms with Gasteiger partial charge < -0.3 is 15.7 Å². The number of hydrogen-bond donors (Lipinski definition) is 2. The van der Waals surface area contributed by atoms with Gasteiger partial charge in [0.15, 0.2) is 0 Å². The molecule has 3 nitrogen and oxygen atoms in total. The lowest BCUT2D eigenvalue weighted by molar-refractivity contribution is 0.0891. The Labute approximate surface area is 103 Å². The molecule has 0 amide bonds. The molecule has 0 saturated carbocycles. The lowest BCUT2D eigenvalue weighted by Gasteiger charge is -2.26. The van der Waals surface area contributed by atoms with Gasteiger partial charge in [0, 0.05) is 12.5 Å². The van der Waals surface area contributed by atoms with E-state index in [4.69, 9.17) is 5.73 Å². The van der Waals surface area contributed by atoms with Crippen molar-refractivity contribution in [1.82, 2.24) is 4.90 Å². The zero-order chi connectivity index (χ0) is 12.1. The Morgan fingerprint density at radius 1 is 1.18 bits per heavy atom. The third kappa shape index (κ3) is 3.28. The van der Waals surface area contributed by atoms with Crippen LogP contribution in [-0.2, 0) is 0 Å². The first kappa shape index (κ1) is 12.6. The second-order valence-corrected chi connectivity index (χ2v) is 4.86. The SMILES string of the molecule is NCC(CN1CCCC1)C(O)c1ccccc1. The maximum atomic E-state index is 10.3. The molecule has 0 radical (unpaired) electrons. The maximum Gasteiger partial charge on any atom is 0.0842 e. The fourth-order valence-electron chi connectivity index (χ4n) is 2.52. The molecule has 0 aliphatic carbocycles. The largest absolute Gasteiger partial charge is 0.388 e. The van der Waals surface area contributed by atoms with Crippen molar-refractivity contribution in [2.24, 2.45) is 11.7 Å². The van der Waals surface area contributed by atoms with Crippen molar-refractivity contribution in [2.75, 3.05) is 26.2 Å². The van der Waals surface area contributed by atoms with E-state index in [1.807, 2.05) is 30.3 Å². The van der Waals surface area contributed by atoms with Gasteiger partial charge in [-0.1, -0.05) is 30.3 Å². The summed E-state index contributed by atoms with van der Waals surface area (Å²) < 4.78 is 0. The summed E-state index contributed by atoms with van der Waals surface area (Å²) in [4.78, 5) is 2.41. The lowest BCUT2D eigenvalue weighted by Crippen LogP contribution is -2.34. The van der Waals surface area contributed by atoms with Gasteiger partial charge in [0.2, 0.25) is 0 Å². The molecule has 94 valence electrons. The van der Waals surface area contributed by atoms with Crippen LogP contribution in [0.4, 0.5) is 0 Å². The standard InChI is InChI=1S/C14H22N2O/c15-10-13(11-16-8-4-5-9-16)14(17)12-6-2-1-3-7-12/h1-3,6-7,13-14,17H,4-5,8-11,15H2. The van der Waals surface area contributed by atoms with Crippen molar-refractivity contribution in [3.8, 4) is 0 Å². The van der Waals surface area contributed by atoms with Gasteiger partial charge >= 0.3 is 0 Å². The van der Waals surface area contributed by atoms with Gasteiger partial charge in [-0.15, -0.1) is 0 Å². The Morgan fingerprint density at radius 2 is 1.82 bits per heavy atom. The van der Waals surface area contributed by atoms with Crippen LogP contribution in [0.5, 0.6) is 0 Å². The molecule has 1 aliphatic heterocycles. The predicted molar refractivity (Wildman–Crippen MR) is 69.6 cm³/mol. The fourth-order valence-corrected chi connectivity index (χ4v) is 2.52. The molecule has 0 spiro atoms. The molecule has 3 N–H and O–H groups in total. The van der Waals surface area contributed by atoms with E-state index in [2.05, 4.69) is 4.90 Å². The molecular formula is C14H22N2O. The van der Waals surface area contributed by atoms with Crippen LogP contribution in [0, 0.1) is 5.92 Å². The summed E-state index contributed by atoms with van der Waals surface area (Å²) >= 11 is 0. The van der Waals surface area contributed by atoms with Crippen LogP contribution in [0.1, 0.15) is 24.5 Å². The van der Waals surface area contributed by atoms with Crippen LogP contribution in [-0.4, -0.2) is 36.2 Å². The van der Waals surface area contributed by atoms with E-state index in [-0.39, 0.29) is 5.92 Å². The van der Waals surface area contributed by atoms with Gasteiger partial charge in [0.1, 0.15) is 0 Å². The van der Waals surface area contributed by atoms with Crippen molar-refractivity contribution in [3.05, 3.63) is 35.9 Å². The second kappa shape index (κ2) is 6.15. The number of likely N-dealkylation sites (tertiary alicyclic amines) is 1. The zero-order valence-electron chi connectivity index (χ0n) is 10.3. The van der Waals surface area contributed by atoms with Crippen molar-refractivity contribution >= 4 is 0 Å². The second-order valence-electron chi connectivity index (χ2n) is 4.86. The van der Waals surface area contributed by atoms with E-state index in [0.29, 0.717) is 6.54 Å². The molecule has 1 heterocycles. The highest BCUT2D eigenvalue weighted by Gasteiger charge is 2.23. The van der Waals surface area contributed by atoms with Gasteiger partial charge in [0.25, 0.3) is 0 Å². The lowest BCUT2D eigenvalue weighted by atomic mass is 9.95. The minimum atomic E-state index is -0.443. The van der Waals surface area contributed by atoms with Crippen molar-refractivity contribution in [3.63, 3.8) is 0 Å². The van der Waals surface area contributed by atoms with Crippen LogP contribution < -0.4 is 5.73 Å². The minimum absolute atomic E-state index is 0.135. The quantitative estimate of drug-likeness (QED) is 0.809. The summed E-state index contributed by atoms with van der Waals surface area (Å²) in [6.45, 7) is 3.75. The van der Waals surface area contributed by atoms with Gasteiger partial charge in [-0.3, -0.25) is 0 Å². The first-order chi connectivity index (χ1) is 8.31. The summed E-state index contributed by atoms with van der Waals surface area (Å²) in [5.74, 6) is 0.135. The van der Waals surface area contributed by atoms with Crippen LogP contribution in [0.3, 0.4) is 0 Å². The molecule has 1 aromatic carbocycles. The van der Waals surface area contributed by atoms with E-state index in [1.54, 1.807) is 0 Å². The van der Waals surface area contributed by atoms with E-state index in [9.17, 15) is 5.11 Å². The molecule has 0 bridgehead atoms. The number of nitrogens with two attached hydrogens (primary N) is 1.